The Morgan fingerprint density at radius 1 is 1.23 bits per heavy atom. The van der Waals surface area contributed by atoms with E-state index in [9.17, 15) is 13.2 Å². The Bertz CT molecular complexity index is 597. The minimum Gasteiger partial charge on any atom is -0.341 e. The van der Waals surface area contributed by atoms with Crippen molar-refractivity contribution in [3.63, 3.8) is 0 Å². The molecule has 2 rings (SSSR count). The molecule has 1 aromatic rings. The van der Waals surface area contributed by atoms with Crippen LogP contribution in [0.2, 0.25) is 0 Å². The summed E-state index contributed by atoms with van der Waals surface area (Å²) in [5, 5.41) is 0. The Morgan fingerprint density at radius 2 is 1.86 bits per heavy atom. The summed E-state index contributed by atoms with van der Waals surface area (Å²) in [7, 11) is -2.15. The van der Waals surface area contributed by atoms with Gasteiger partial charge in [-0.15, -0.1) is 0 Å². The molecule has 1 amide bonds. The standard InChI is InChI=1S/C16H24N2O3S/c1-3-11-18(12-14-9-10-14)16(19)13-17(2)22(20,21)15-7-5-4-6-8-15/h4-8,14H,3,9-13H2,1-2H3. The fourth-order valence-corrected chi connectivity index (χ4v) is 3.49. The third kappa shape index (κ3) is 4.30. The number of benzene rings is 1. The SMILES string of the molecule is CCCN(CC1CC1)C(=O)CN(C)S(=O)(=O)c1ccccc1. The molecule has 122 valence electrons. The second-order valence-corrected chi connectivity index (χ2v) is 7.90. The zero-order valence-electron chi connectivity index (χ0n) is 13.2. The minimum absolute atomic E-state index is 0.107. The monoisotopic (exact) mass is 324 g/mol. The average molecular weight is 324 g/mol. The van der Waals surface area contributed by atoms with Gasteiger partial charge in [0.15, 0.2) is 0 Å². The highest BCUT2D eigenvalue weighted by atomic mass is 32.2. The van der Waals surface area contributed by atoms with Crippen molar-refractivity contribution in [3.8, 4) is 0 Å². The van der Waals surface area contributed by atoms with Crippen LogP contribution >= 0.6 is 0 Å². The predicted molar refractivity (Wildman–Crippen MR) is 85.9 cm³/mol. The Morgan fingerprint density at radius 3 is 2.41 bits per heavy atom. The van der Waals surface area contributed by atoms with Gasteiger partial charge in [-0.25, -0.2) is 8.42 Å². The first-order chi connectivity index (χ1) is 10.4. The molecule has 0 spiro atoms. The van der Waals surface area contributed by atoms with Crippen LogP contribution in [0.25, 0.3) is 0 Å². The number of hydrogen-bond acceptors (Lipinski definition) is 3. The molecule has 0 bridgehead atoms. The van der Waals surface area contributed by atoms with E-state index in [0.29, 0.717) is 12.5 Å². The van der Waals surface area contributed by atoms with Crippen molar-refractivity contribution in [1.29, 1.82) is 0 Å². The predicted octanol–water partition coefficient (Wildman–Crippen LogP) is 1.96. The lowest BCUT2D eigenvalue weighted by Crippen LogP contribution is -2.42. The summed E-state index contributed by atoms with van der Waals surface area (Å²) in [6.45, 7) is 3.36. The summed E-state index contributed by atoms with van der Waals surface area (Å²) in [4.78, 5) is 14.4. The van der Waals surface area contributed by atoms with E-state index < -0.39 is 10.0 Å². The summed E-state index contributed by atoms with van der Waals surface area (Å²) in [6.07, 6.45) is 3.23. The van der Waals surface area contributed by atoms with Crippen LogP contribution in [0.4, 0.5) is 0 Å². The maximum atomic E-state index is 12.4. The number of nitrogens with zero attached hydrogens (tertiary/aromatic N) is 2. The number of hydrogen-bond donors (Lipinski definition) is 0. The van der Waals surface area contributed by atoms with Gasteiger partial charge in [0, 0.05) is 20.1 Å². The molecule has 0 atom stereocenters. The number of carbonyl (C=O) groups is 1. The molecule has 0 aliphatic heterocycles. The van der Waals surface area contributed by atoms with Crippen molar-refractivity contribution in [2.24, 2.45) is 5.92 Å². The molecule has 6 heteroatoms. The van der Waals surface area contributed by atoms with Crippen LogP contribution in [0.5, 0.6) is 0 Å². The van der Waals surface area contributed by atoms with Gasteiger partial charge in [-0.2, -0.15) is 4.31 Å². The number of carbonyl (C=O) groups excluding carboxylic acids is 1. The van der Waals surface area contributed by atoms with Gasteiger partial charge in [-0.05, 0) is 37.3 Å². The second kappa shape index (κ2) is 7.24. The van der Waals surface area contributed by atoms with Crippen molar-refractivity contribution in [2.75, 3.05) is 26.7 Å². The first kappa shape index (κ1) is 17.0. The van der Waals surface area contributed by atoms with Gasteiger partial charge in [-0.1, -0.05) is 25.1 Å². The summed E-state index contributed by atoms with van der Waals surface area (Å²) in [5.41, 5.74) is 0. The molecular weight excluding hydrogens is 300 g/mol. The molecule has 1 aromatic carbocycles. The minimum atomic E-state index is -3.61. The first-order valence-electron chi connectivity index (χ1n) is 7.74. The van der Waals surface area contributed by atoms with Crippen molar-refractivity contribution in [3.05, 3.63) is 30.3 Å². The Balaban J connectivity index is 2.02. The summed E-state index contributed by atoms with van der Waals surface area (Å²) < 4.78 is 26.0. The van der Waals surface area contributed by atoms with E-state index in [0.717, 1.165) is 17.3 Å². The van der Waals surface area contributed by atoms with Gasteiger partial charge in [0.2, 0.25) is 15.9 Å². The quantitative estimate of drug-likeness (QED) is 0.734. The molecule has 1 aliphatic carbocycles. The van der Waals surface area contributed by atoms with Crippen LogP contribution in [-0.2, 0) is 14.8 Å². The van der Waals surface area contributed by atoms with E-state index in [2.05, 4.69) is 0 Å². The molecule has 0 aromatic heterocycles. The van der Waals surface area contributed by atoms with Crippen molar-refractivity contribution >= 4 is 15.9 Å². The average Bonchev–Trinajstić information content (AvgIpc) is 3.31. The molecule has 0 saturated heterocycles. The van der Waals surface area contributed by atoms with Crippen molar-refractivity contribution in [2.45, 2.75) is 31.1 Å². The van der Waals surface area contributed by atoms with Crippen LogP contribution < -0.4 is 0 Å². The highest BCUT2D eigenvalue weighted by Crippen LogP contribution is 2.29. The smallest absolute Gasteiger partial charge is 0.243 e. The van der Waals surface area contributed by atoms with Gasteiger partial charge >= 0.3 is 0 Å². The van der Waals surface area contributed by atoms with Gasteiger partial charge in [0.1, 0.15) is 0 Å². The largest absolute Gasteiger partial charge is 0.341 e. The number of likely N-dealkylation sites (N-methyl/N-ethyl adjacent to an activating group) is 1. The molecule has 0 N–H and O–H groups in total. The van der Waals surface area contributed by atoms with Crippen molar-refractivity contribution < 1.29 is 13.2 Å². The third-order valence-electron chi connectivity index (χ3n) is 3.83. The lowest BCUT2D eigenvalue weighted by Gasteiger charge is -2.25. The van der Waals surface area contributed by atoms with Crippen LogP contribution in [-0.4, -0.2) is 50.2 Å². The number of amides is 1. The molecule has 0 heterocycles. The fourth-order valence-electron chi connectivity index (χ4n) is 2.35. The van der Waals surface area contributed by atoms with Crippen LogP contribution in [0, 0.1) is 5.92 Å². The Labute approximate surface area is 133 Å². The summed E-state index contributed by atoms with van der Waals surface area (Å²) in [6, 6.07) is 8.22. The second-order valence-electron chi connectivity index (χ2n) is 5.86. The summed E-state index contributed by atoms with van der Waals surface area (Å²) >= 11 is 0. The topological polar surface area (TPSA) is 57.7 Å². The fraction of sp³-hybridized carbons (Fsp3) is 0.562. The molecule has 1 saturated carbocycles. The molecule has 0 unspecified atom stereocenters. The normalized spacial score (nSPS) is 15.0. The van der Waals surface area contributed by atoms with Crippen molar-refractivity contribution in [1.82, 2.24) is 9.21 Å². The van der Waals surface area contributed by atoms with Crippen LogP contribution in [0.1, 0.15) is 26.2 Å². The lowest BCUT2D eigenvalue weighted by molar-refractivity contribution is -0.131. The molecule has 1 fully saturated rings. The number of sulfonamides is 1. The summed E-state index contributed by atoms with van der Waals surface area (Å²) in [5.74, 6) is 0.488. The van der Waals surface area contributed by atoms with E-state index in [1.165, 1.54) is 19.9 Å². The third-order valence-corrected chi connectivity index (χ3v) is 5.65. The van der Waals surface area contributed by atoms with E-state index in [4.69, 9.17) is 0 Å². The zero-order valence-corrected chi connectivity index (χ0v) is 14.1. The zero-order chi connectivity index (χ0) is 16.2. The molecule has 1 aliphatic rings. The van der Waals surface area contributed by atoms with E-state index in [1.54, 1.807) is 35.2 Å². The highest BCUT2D eigenvalue weighted by Gasteiger charge is 2.29. The van der Waals surface area contributed by atoms with Crippen LogP contribution in [0.3, 0.4) is 0 Å². The first-order valence-corrected chi connectivity index (χ1v) is 9.18. The lowest BCUT2D eigenvalue weighted by atomic mass is 10.3. The van der Waals surface area contributed by atoms with E-state index >= 15 is 0 Å². The highest BCUT2D eigenvalue weighted by molar-refractivity contribution is 7.89. The van der Waals surface area contributed by atoms with E-state index in [1.807, 2.05) is 6.92 Å². The molecular formula is C16H24N2O3S. The molecule has 0 radical (unpaired) electrons. The van der Waals surface area contributed by atoms with E-state index in [-0.39, 0.29) is 17.3 Å². The maximum Gasteiger partial charge on any atom is 0.243 e. The van der Waals surface area contributed by atoms with Gasteiger partial charge in [0.05, 0.1) is 11.4 Å². The number of rotatable bonds is 8. The van der Waals surface area contributed by atoms with Gasteiger partial charge in [-0.3, -0.25) is 4.79 Å². The molecule has 5 nitrogen and oxygen atoms in total. The molecule has 22 heavy (non-hydrogen) atoms. The Kier molecular flexibility index (Phi) is 5.58. The van der Waals surface area contributed by atoms with Crippen LogP contribution in [0.15, 0.2) is 35.2 Å². The van der Waals surface area contributed by atoms with Gasteiger partial charge in [0.25, 0.3) is 0 Å². The Hall–Kier alpha value is -1.40. The van der Waals surface area contributed by atoms with Gasteiger partial charge < -0.3 is 4.90 Å². The maximum absolute atomic E-state index is 12.4.